The van der Waals surface area contributed by atoms with E-state index in [2.05, 4.69) is 5.32 Å². The minimum atomic E-state index is -0.465. The molecule has 0 aliphatic rings. The second kappa shape index (κ2) is 5.97. The third kappa shape index (κ3) is 3.41. The number of anilines is 1. The van der Waals surface area contributed by atoms with Gasteiger partial charge >= 0.3 is 0 Å². The summed E-state index contributed by atoms with van der Waals surface area (Å²) in [6.45, 7) is 2.06. The SMILES string of the molecule is Cc1ccc(C(=O)CNc2cccc([N+](=O)[O-])c2)cc1. The summed E-state index contributed by atoms with van der Waals surface area (Å²) in [6.07, 6.45) is 0. The van der Waals surface area contributed by atoms with Crippen LogP contribution in [0.4, 0.5) is 11.4 Å². The molecule has 5 nitrogen and oxygen atoms in total. The summed E-state index contributed by atoms with van der Waals surface area (Å²) in [5.41, 5.74) is 2.26. The number of aryl methyl sites for hydroxylation is 1. The normalized spacial score (nSPS) is 10.1. The molecule has 2 rings (SSSR count). The first-order valence-corrected chi connectivity index (χ1v) is 6.14. The Labute approximate surface area is 116 Å². The third-order valence-corrected chi connectivity index (χ3v) is 2.88. The zero-order valence-electron chi connectivity index (χ0n) is 11.0. The van der Waals surface area contributed by atoms with Gasteiger partial charge in [0.1, 0.15) is 0 Å². The van der Waals surface area contributed by atoms with Crippen molar-refractivity contribution in [1.29, 1.82) is 0 Å². The van der Waals surface area contributed by atoms with Gasteiger partial charge in [-0.25, -0.2) is 0 Å². The van der Waals surface area contributed by atoms with E-state index in [1.54, 1.807) is 24.3 Å². The Bertz CT molecular complexity index is 636. The highest BCUT2D eigenvalue weighted by atomic mass is 16.6. The molecule has 0 heterocycles. The molecule has 1 N–H and O–H groups in total. The Kier molecular flexibility index (Phi) is 4.10. The lowest BCUT2D eigenvalue weighted by Gasteiger charge is -2.06. The molecule has 20 heavy (non-hydrogen) atoms. The monoisotopic (exact) mass is 270 g/mol. The topological polar surface area (TPSA) is 72.2 Å². The molecule has 0 spiro atoms. The Morgan fingerprint density at radius 3 is 2.55 bits per heavy atom. The van der Waals surface area contributed by atoms with Crippen molar-refractivity contribution in [1.82, 2.24) is 0 Å². The van der Waals surface area contributed by atoms with Gasteiger partial charge in [0.25, 0.3) is 5.69 Å². The Morgan fingerprint density at radius 1 is 1.20 bits per heavy atom. The van der Waals surface area contributed by atoms with Gasteiger partial charge in [0.15, 0.2) is 5.78 Å². The number of carbonyl (C=O) groups excluding carboxylic acids is 1. The third-order valence-electron chi connectivity index (χ3n) is 2.88. The van der Waals surface area contributed by atoms with Gasteiger partial charge in [0.05, 0.1) is 11.5 Å². The average Bonchev–Trinajstić information content (AvgIpc) is 2.46. The van der Waals surface area contributed by atoms with E-state index in [4.69, 9.17) is 0 Å². The molecule has 0 saturated carbocycles. The van der Waals surface area contributed by atoms with Crippen LogP contribution in [0.5, 0.6) is 0 Å². The van der Waals surface area contributed by atoms with Crippen LogP contribution in [0.1, 0.15) is 15.9 Å². The molecule has 0 saturated heterocycles. The quantitative estimate of drug-likeness (QED) is 0.514. The van der Waals surface area contributed by atoms with Crippen LogP contribution < -0.4 is 5.32 Å². The molecule has 2 aromatic carbocycles. The van der Waals surface area contributed by atoms with Crippen LogP contribution in [0.3, 0.4) is 0 Å². The van der Waals surface area contributed by atoms with Gasteiger partial charge in [-0.3, -0.25) is 14.9 Å². The molecule has 2 aromatic rings. The van der Waals surface area contributed by atoms with Crippen LogP contribution in [0.25, 0.3) is 0 Å². The van der Waals surface area contributed by atoms with Crippen molar-refractivity contribution in [2.24, 2.45) is 0 Å². The highest BCUT2D eigenvalue weighted by Crippen LogP contribution is 2.17. The predicted octanol–water partition coefficient (Wildman–Crippen LogP) is 3.20. The molecule has 0 radical (unpaired) electrons. The summed E-state index contributed by atoms with van der Waals surface area (Å²) < 4.78 is 0. The summed E-state index contributed by atoms with van der Waals surface area (Å²) in [7, 11) is 0. The van der Waals surface area contributed by atoms with Gasteiger partial charge < -0.3 is 5.32 Å². The van der Waals surface area contributed by atoms with Crippen molar-refractivity contribution in [2.75, 3.05) is 11.9 Å². The molecule has 0 aromatic heterocycles. The molecule has 5 heteroatoms. The Balaban J connectivity index is 2.01. The van der Waals surface area contributed by atoms with Crippen LogP contribution in [0, 0.1) is 17.0 Å². The number of Topliss-reactive ketones (excluding diaryl/α,β-unsaturated/α-hetero) is 1. The molecular formula is C15H14N2O3. The number of nitrogens with one attached hydrogen (secondary N) is 1. The maximum atomic E-state index is 12.0. The zero-order valence-corrected chi connectivity index (χ0v) is 11.0. The number of hydrogen-bond donors (Lipinski definition) is 1. The van der Waals surface area contributed by atoms with E-state index in [1.807, 2.05) is 19.1 Å². The summed E-state index contributed by atoms with van der Waals surface area (Å²) in [4.78, 5) is 22.1. The van der Waals surface area contributed by atoms with Crippen molar-refractivity contribution in [3.05, 3.63) is 69.8 Å². The molecular weight excluding hydrogens is 256 g/mol. The predicted molar refractivity (Wildman–Crippen MR) is 77.1 cm³/mol. The number of benzene rings is 2. The second-order valence-electron chi connectivity index (χ2n) is 4.45. The van der Waals surface area contributed by atoms with Crippen molar-refractivity contribution in [3.63, 3.8) is 0 Å². The first-order valence-electron chi connectivity index (χ1n) is 6.14. The van der Waals surface area contributed by atoms with Crippen molar-refractivity contribution >= 4 is 17.2 Å². The van der Waals surface area contributed by atoms with Crippen LogP contribution >= 0.6 is 0 Å². The number of ketones is 1. The maximum absolute atomic E-state index is 12.0. The van der Waals surface area contributed by atoms with E-state index in [1.165, 1.54) is 12.1 Å². The summed E-state index contributed by atoms with van der Waals surface area (Å²) in [6, 6.07) is 13.4. The summed E-state index contributed by atoms with van der Waals surface area (Å²) in [5.74, 6) is -0.0588. The van der Waals surface area contributed by atoms with Gasteiger partial charge in [-0.15, -0.1) is 0 Å². The van der Waals surface area contributed by atoms with Gasteiger partial charge in [-0.05, 0) is 13.0 Å². The lowest BCUT2D eigenvalue weighted by Crippen LogP contribution is -2.14. The fourth-order valence-corrected chi connectivity index (χ4v) is 1.75. The second-order valence-corrected chi connectivity index (χ2v) is 4.45. The molecule has 102 valence electrons. The van der Waals surface area contributed by atoms with Crippen LogP contribution in [-0.4, -0.2) is 17.3 Å². The summed E-state index contributed by atoms with van der Waals surface area (Å²) in [5, 5.41) is 13.6. The maximum Gasteiger partial charge on any atom is 0.271 e. The number of non-ortho nitro benzene ring substituents is 1. The van der Waals surface area contributed by atoms with Crippen LogP contribution in [0.2, 0.25) is 0 Å². The highest BCUT2D eigenvalue weighted by molar-refractivity contribution is 5.99. The number of nitro benzene ring substituents is 1. The van der Waals surface area contributed by atoms with E-state index in [0.29, 0.717) is 11.3 Å². The van der Waals surface area contributed by atoms with Gasteiger partial charge in [-0.2, -0.15) is 0 Å². The number of rotatable bonds is 5. The van der Waals surface area contributed by atoms with Crippen LogP contribution in [0.15, 0.2) is 48.5 Å². The molecule has 0 fully saturated rings. The van der Waals surface area contributed by atoms with E-state index < -0.39 is 4.92 Å². The summed E-state index contributed by atoms with van der Waals surface area (Å²) >= 11 is 0. The zero-order chi connectivity index (χ0) is 14.5. The Hall–Kier alpha value is -2.69. The number of nitro groups is 1. The lowest BCUT2D eigenvalue weighted by atomic mass is 10.1. The van der Waals surface area contributed by atoms with Crippen molar-refractivity contribution < 1.29 is 9.72 Å². The number of hydrogen-bond acceptors (Lipinski definition) is 4. The minimum Gasteiger partial charge on any atom is -0.377 e. The fraction of sp³-hybridized carbons (Fsp3) is 0.133. The molecule has 0 unspecified atom stereocenters. The highest BCUT2D eigenvalue weighted by Gasteiger charge is 2.08. The Morgan fingerprint density at radius 2 is 1.90 bits per heavy atom. The van der Waals surface area contributed by atoms with Gasteiger partial charge in [0.2, 0.25) is 0 Å². The lowest BCUT2D eigenvalue weighted by molar-refractivity contribution is -0.384. The average molecular weight is 270 g/mol. The molecule has 0 aliphatic carbocycles. The van der Waals surface area contributed by atoms with Crippen molar-refractivity contribution in [2.45, 2.75) is 6.92 Å². The first kappa shape index (κ1) is 13.7. The van der Waals surface area contributed by atoms with Crippen molar-refractivity contribution in [3.8, 4) is 0 Å². The van der Waals surface area contributed by atoms with E-state index in [-0.39, 0.29) is 18.0 Å². The number of carbonyl (C=O) groups is 1. The molecule has 0 aliphatic heterocycles. The molecule has 0 bridgehead atoms. The first-order chi connectivity index (χ1) is 9.56. The molecule has 0 atom stereocenters. The van der Waals surface area contributed by atoms with Crippen LogP contribution in [-0.2, 0) is 0 Å². The van der Waals surface area contributed by atoms with E-state index >= 15 is 0 Å². The van der Waals surface area contributed by atoms with E-state index in [9.17, 15) is 14.9 Å². The smallest absolute Gasteiger partial charge is 0.271 e. The van der Waals surface area contributed by atoms with Gasteiger partial charge in [-0.1, -0.05) is 35.9 Å². The number of nitrogens with zero attached hydrogens (tertiary/aromatic N) is 1. The standard InChI is InChI=1S/C15H14N2O3/c1-11-5-7-12(8-6-11)15(18)10-16-13-3-2-4-14(9-13)17(19)20/h2-9,16H,10H2,1H3. The van der Waals surface area contributed by atoms with E-state index in [0.717, 1.165) is 5.56 Å². The fourth-order valence-electron chi connectivity index (χ4n) is 1.75. The largest absolute Gasteiger partial charge is 0.377 e. The molecule has 0 amide bonds. The van der Waals surface area contributed by atoms with Gasteiger partial charge in [0, 0.05) is 23.4 Å². The minimum absolute atomic E-state index is 0.00205.